The van der Waals surface area contributed by atoms with Gasteiger partial charge in [-0.3, -0.25) is 9.48 Å². The predicted octanol–water partition coefficient (Wildman–Crippen LogP) is 0.277. The molecule has 0 atom stereocenters. The number of nitrogens with zero attached hydrogens (tertiary/aromatic N) is 4. The highest BCUT2D eigenvalue weighted by Gasteiger charge is 2.26. The maximum atomic E-state index is 13.2. The number of aliphatic hydroxyl groups excluding tert-OH is 2. The number of methoxy groups -OCH3 is 1. The Labute approximate surface area is 203 Å². The minimum absolute atomic E-state index is 0.101. The molecule has 3 rings (SSSR count). The summed E-state index contributed by atoms with van der Waals surface area (Å²) in [7, 11) is -0.869. The number of aryl methyl sites for hydroxylation is 2. The third-order valence-electron chi connectivity index (χ3n) is 5.34. The van der Waals surface area contributed by atoms with E-state index in [-0.39, 0.29) is 36.0 Å². The Morgan fingerprint density at radius 1 is 1.17 bits per heavy atom. The van der Waals surface area contributed by atoms with Gasteiger partial charge in [-0.05, 0) is 24.6 Å². The molecule has 3 N–H and O–H groups in total. The zero-order chi connectivity index (χ0) is 25.6. The van der Waals surface area contributed by atoms with Gasteiger partial charge in [0.05, 0.1) is 36.0 Å². The summed E-state index contributed by atoms with van der Waals surface area (Å²) < 4.78 is 39.7. The van der Waals surface area contributed by atoms with Crippen molar-refractivity contribution in [3.8, 4) is 17.1 Å². The molecular formula is C22H31N5O7S. The second kappa shape index (κ2) is 11.7. The van der Waals surface area contributed by atoms with E-state index in [2.05, 4.69) is 15.1 Å². The Morgan fingerprint density at radius 3 is 2.51 bits per heavy atom. The Balaban J connectivity index is 2.21. The summed E-state index contributed by atoms with van der Waals surface area (Å²) in [4.78, 5) is 20.2. The van der Waals surface area contributed by atoms with Crippen LogP contribution < -0.4 is 10.3 Å². The van der Waals surface area contributed by atoms with Crippen LogP contribution in [0.15, 0.2) is 27.9 Å². The van der Waals surface area contributed by atoms with E-state index < -0.39 is 28.8 Å². The number of sulfonamides is 1. The monoisotopic (exact) mass is 509 g/mol. The van der Waals surface area contributed by atoms with Crippen LogP contribution in [-0.2, 0) is 28.2 Å². The molecule has 0 saturated carbocycles. The molecule has 2 heterocycles. The largest absolute Gasteiger partial charge is 0.490 e. The molecule has 1 aromatic carbocycles. The molecule has 0 amide bonds. The van der Waals surface area contributed by atoms with Gasteiger partial charge in [0, 0.05) is 27.2 Å². The maximum Gasteiger partial charge on any atom is 0.277 e. The molecule has 3 aromatic rings. The minimum atomic E-state index is -4.07. The van der Waals surface area contributed by atoms with Gasteiger partial charge in [0.15, 0.2) is 5.52 Å². The SMILES string of the molecule is CCCc1nn(C)c2c(=O)[nH]c(-c3cc(S(=O)(=O)N(CCO)CCO)ccc3OCCOC)nc12. The first-order valence-corrected chi connectivity index (χ1v) is 12.7. The second-order valence-electron chi connectivity index (χ2n) is 7.78. The van der Waals surface area contributed by atoms with Crippen molar-refractivity contribution in [3.63, 3.8) is 0 Å². The normalized spacial score (nSPS) is 12.1. The smallest absolute Gasteiger partial charge is 0.277 e. The topological polar surface area (TPSA) is 160 Å². The fourth-order valence-electron chi connectivity index (χ4n) is 3.72. The Morgan fingerprint density at radius 2 is 1.89 bits per heavy atom. The Hall–Kier alpha value is -2.84. The molecule has 0 radical (unpaired) electrons. The zero-order valence-corrected chi connectivity index (χ0v) is 20.8. The number of hydrogen-bond donors (Lipinski definition) is 3. The van der Waals surface area contributed by atoms with Crippen molar-refractivity contribution in [2.24, 2.45) is 7.05 Å². The fourth-order valence-corrected chi connectivity index (χ4v) is 5.17. The highest BCUT2D eigenvalue weighted by atomic mass is 32.2. The number of fused-ring (bicyclic) bond motifs is 1. The van der Waals surface area contributed by atoms with Crippen LogP contribution >= 0.6 is 0 Å². The van der Waals surface area contributed by atoms with Gasteiger partial charge in [-0.1, -0.05) is 13.3 Å². The summed E-state index contributed by atoms with van der Waals surface area (Å²) in [5, 5.41) is 23.0. The van der Waals surface area contributed by atoms with E-state index in [4.69, 9.17) is 9.47 Å². The van der Waals surface area contributed by atoms with Crippen LogP contribution in [0.4, 0.5) is 0 Å². The molecule has 13 heteroatoms. The van der Waals surface area contributed by atoms with Crippen molar-refractivity contribution in [2.75, 3.05) is 46.6 Å². The minimum Gasteiger partial charge on any atom is -0.490 e. The van der Waals surface area contributed by atoms with Gasteiger partial charge in [-0.25, -0.2) is 13.4 Å². The summed E-state index contributed by atoms with van der Waals surface area (Å²) in [5.41, 5.74) is 1.27. The quantitative estimate of drug-likeness (QED) is 0.275. The van der Waals surface area contributed by atoms with Crippen LogP contribution in [-0.4, -0.2) is 89.3 Å². The van der Waals surface area contributed by atoms with E-state index in [1.165, 1.54) is 30.0 Å². The number of H-pyrrole nitrogens is 1. The highest BCUT2D eigenvalue weighted by molar-refractivity contribution is 7.89. The molecule has 0 aliphatic heterocycles. The third kappa shape index (κ3) is 5.70. The van der Waals surface area contributed by atoms with Gasteiger partial charge in [0.2, 0.25) is 10.0 Å². The van der Waals surface area contributed by atoms with E-state index in [0.717, 1.165) is 10.7 Å². The second-order valence-corrected chi connectivity index (χ2v) is 9.72. The van der Waals surface area contributed by atoms with Gasteiger partial charge in [0.1, 0.15) is 23.7 Å². The van der Waals surface area contributed by atoms with Gasteiger partial charge < -0.3 is 24.7 Å². The predicted molar refractivity (Wildman–Crippen MR) is 129 cm³/mol. The van der Waals surface area contributed by atoms with Crippen molar-refractivity contribution in [2.45, 2.75) is 24.7 Å². The maximum absolute atomic E-state index is 13.2. The lowest BCUT2D eigenvalue weighted by Gasteiger charge is -2.21. The molecule has 0 bridgehead atoms. The molecule has 0 spiro atoms. The average molecular weight is 510 g/mol. The van der Waals surface area contributed by atoms with Crippen molar-refractivity contribution in [3.05, 3.63) is 34.2 Å². The molecule has 35 heavy (non-hydrogen) atoms. The number of rotatable bonds is 13. The number of benzene rings is 1. The Kier molecular flexibility index (Phi) is 8.97. The zero-order valence-electron chi connectivity index (χ0n) is 20.0. The van der Waals surface area contributed by atoms with E-state index in [1.54, 1.807) is 7.05 Å². The summed E-state index contributed by atoms with van der Waals surface area (Å²) in [6, 6.07) is 4.21. The first-order valence-electron chi connectivity index (χ1n) is 11.2. The van der Waals surface area contributed by atoms with Crippen LogP contribution in [0.25, 0.3) is 22.4 Å². The Bertz CT molecular complexity index is 1310. The van der Waals surface area contributed by atoms with Crippen molar-refractivity contribution < 1.29 is 28.1 Å². The lowest BCUT2D eigenvalue weighted by Crippen LogP contribution is -2.35. The number of aliphatic hydroxyl groups is 2. The van der Waals surface area contributed by atoms with Crippen LogP contribution in [0.3, 0.4) is 0 Å². The van der Waals surface area contributed by atoms with Gasteiger partial charge in [-0.15, -0.1) is 0 Å². The molecule has 12 nitrogen and oxygen atoms in total. The molecule has 0 saturated heterocycles. The molecular weight excluding hydrogens is 478 g/mol. The van der Waals surface area contributed by atoms with Crippen LogP contribution in [0, 0.1) is 0 Å². The van der Waals surface area contributed by atoms with Gasteiger partial charge >= 0.3 is 0 Å². The number of hydrogen-bond acceptors (Lipinski definition) is 9. The van der Waals surface area contributed by atoms with E-state index in [0.29, 0.717) is 35.5 Å². The summed E-state index contributed by atoms with van der Waals surface area (Å²) in [6.07, 6.45) is 1.43. The van der Waals surface area contributed by atoms with Crippen LogP contribution in [0.2, 0.25) is 0 Å². The standard InChI is InChI=1S/C22H31N5O7S/c1-4-5-17-19-20(26(2)25-17)22(30)24-21(23-19)16-14-15(6-7-18(16)34-13-12-33-3)35(31,32)27(8-10-28)9-11-29/h6-7,14,28-29H,4-5,8-13H2,1-3H3,(H,23,24,30). The lowest BCUT2D eigenvalue weighted by atomic mass is 10.1. The number of aromatic amines is 1. The number of nitrogens with one attached hydrogen (secondary N) is 1. The molecule has 0 aliphatic carbocycles. The summed E-state index contributed by atoms with van der Waals surface area (Å²) in [5.74, 6) is 0.438. The fraction of sp³-hybridized carbons (Fsp3) is 0.500. The van der Waals surface area contributed by atoms with E-state index >= 15 is 0 Å². The average Bonchev–Trinajstić information content (AvgIpc) is 3.15. The van der Waals surface area contributed by atoms with E-state index in [9.17, 15) is 23.4 Å². The lowest BCUT2D eigenvalue weighted by molar-refractivity contribution is 0.146. The van der Waals surface area contributed by atoms with Crippen molar-refractivity contribution in [1.29, 1.82) is 0 Å². The van der Waals surface area contributed by atoms with Gasteiger partial charge in [0.25, 0.3) is 5.56 Å². The molecule has 192 valence electrons. The summed E-state index contributed by atoms with van der Waals surface area (Å²) >= 11 is 0. The molecule has 0 unspecified atom stereocenters. The van der Waals surface area contributed by atoms with Crippen LogP contribution in [0.1, 0.15) is 19.0 Å². The first-order chi connectivity index (χ1) is 16.8. The molecule has 2 aromatic heterocycles. The van der Waals surface area contributed by atoms with E-state index in [1.807, 2.05) is 6.92 Å². The van der Waals surface area contributed by atoms with Crippen molar-refractivity contribution in [1.82, 2.24) is 24.1 Å². The molecule has 0 fully saturated rings. The van der Waals surface area contributed by atoms with Crippen molar-refractivity contribution >= 4 is 21.1 Å². The third-order valence-corrected chi connectivity index (χ3v) is 7.23. The first kappa shape index (κ1) is 26.8. The molecule has 0 aliphatic rings. The number of ether oxygens (including phenoxy) is 2. The number of aromatic nitrogens is 4. The summed E-state index contributed by atoms with van der Waals surface area (Å²) in [6.45, 7) is 1.32. The van der Waals surface area contributed by atoms with Gasteiger partial charge in [-0.2, -0.15) is 9.40 Å². The van der Waals surface area contributed by atoms with Crippen LogP contribution in [0.5, 0.6) is 5.75 Å². The highest BCUT2D eigenvalue weighted by Crippen LogP contribution is 2.32.